The van der Waals surface area contributed by atoms with Crippen LogP contribution in [0.25, 0.3) is 11.1 Å². The van der Waals surface area contributed by atoms with Crippen LogP contribution in [0, 0.1) is 6.92 Å². The molecule has 32 heavy (non-hydrogen) atoms. The number of benzene rings is 3. The summed E-state index contributed by atoms with van der Waals surface area (Å²) >= 11 is 0. The van der Waals surface area contributed by atoms with E-state index in [-0.39, 0.29) is 12.3 Å². The van der Waals surface area contributed by atoms with Crippen LogP contribution in [0.15, 0.2) is 66.7 Å². The van der Waals surface area contributed by atoms with E-state index in [2.05, 4.69) is 0 Å². The SMILES string of the molecule is COc1ccc(-c2ccc(N(CCCC(=O)O)C(=O)c3ccc(C)c(OC)c3)cc2)cc1. The van der Waals surface area contributed by atoms with Crippen molar-refractivity contribution in [2.75, 3.05) is 25.7 Å². The van der Waals surface area contributed by atoms with Crippen LogP contribution in [0.4, 0.5) is 5.69 Å². The number of anilines is 1. The molecule has 0 fully saturated rings. The number of rotatable bonds is 9. The Bertz CT molecular complexity index is 1070. The summed E-state index contributed by atoms with van der Waals surface area (Å²) in [4.78, 5) is 25.9. The molecule has 0 aromatic heterocycles. The van der Waals surface area contributed by atoms with Crippen LogP contribution in [0.2, 0.25) is 0 Å². The normalized spacial score (nSPS) is 10.5. The van der Waals surface area contributed by atoms with Gasteiger partial charge in [0.05, 0.1) is 14.2 Å². The van der Waals surface area contributed by atoms with Gasteiger partial charge in [-0.2, -0.15) is 0 Å². The van der Waals surface area contributed by atoms with Crippen LogP contribution in [-0.2, 0) is 4.79 Å². The van der Waals surface area contributed by atoms with Crippen LogP contribution in [-0.4, -0.2) is 37.7 Å². The molecule has 3 rings (SSSR count). The van der Waals surface area contributed by atoms with Gasteiger partial charge in [-0.1, -0.05) is 30.3 Å². The van der Waals surface area contributed by atoms with Crippen LogP contribution >= 0.6 is 0 Å². The smallest absolute Gasteiger partial charge is 0.303 e. The monoisotopic (exact) mass is 433 g/mol. The first-order chi connectivity index (χ1) is 15.4. The maximum Gasteiger partial charge on any atom is 0.303 e. The fraction of sp³-hybridized carbons (Fsp3) is 0.231. The lowest BCUT2D eigenvalue weighted by molar-refractivity contribution is -0.137. The van der Waals surface area contributed by atoms with Gasteiger partial charge in [0.25, 0.3) is 5.91 Å². The molecule has 6 nitrogen and oxygen atoms in total. The number of hydrogen-bond acceptors (Lipinski definition) is 4. The van der Waals surface area contributed by atoms with Gasteiger partial charge in [-0.3, -0.25) is 9.59 Å². The van der Waals surface area contributed by atoms with E-state index in [9.17, 15) is 9.59 Å². The Kier molecular flexibility index (Phi) is 7.49. The fourth-order valence-electron chi connectivity index (χ4n) is 3.46. The van der Waals surface area contributed by atoms with E-state index in [1.165, 1.54) is 0 Å². The summed E-state index contributed by atoms with van der Waals surface area (Å²) in [5.41, 5.74) is 4.17. The Morgan fingerprint density at radius 3 is 2.06 bits per heavy atom. The summed E-state index contributed by atoms with van der Waals surface area (Å²) in [6.45, 7) is 2.21. The molecule has 0 aliphatic carbocycles. The van der Waals surface area contributed by atoms with Gasteiger partial charge in [-0.25, -0.2) is 0 Å². The summed E-state index contributed by atoms with van der Waals surface area (Å²) in [5.74, 6) is 0.334. The predicted octanol–water partition coefficient (Wildman–Crippen LogP) is 5.19. The molecule has 3 aromatic carbocycles. The predicted molar refractivity (Wildman–Crippen MR) is 125 cm³/mol. The Labute approximate surface area is 188 Å². The summed E-state index contributed by atoms with van der Waals surface area (Å²) in [6.07, 6.45) is 0.342. The van der Waals surface area contributed by atoms with Crippen LogP contribution in [0.1, 0.15) is 28.8 Å². The largest absolute Gasteiger partial charge is 0.497 e. The fourth-order valence-corrected chi connectivity index (χ4v) is 3.46. The molecule has 0 saturated carbocycles. The number of carbonyl (C=O) groups excluding carboxylic acids is 1. The molecule has 0 unspecified atom stereocenters. The van der Waals surface area contributed by atoms with Gasteiger partial charge in [0.15, 0.2) is 0 Å². The molecule has 0 radical (unpaired) electrons. The number of hydrogen-bond donors (Lipinski definition) is 1. The molecule has 166 valence electrons. The third-order valence-corrected chi connectivity index (χ3v) is 5.27. The third-order valence-electron chi connectivity index (χ3n) is 5.27. The first-order valence-corrected chi connectivity index (χ1v) is 10.4. The van der Waals surface area contributed by atoms with E-state index in [1.54, 1.807) is 31.3 Å². The second-order valence-corrected chi connectivity index (χ2v) is 7.41. The van der Waals surface area contributed by atoms with Gasteiger partial charge in [-0.05, 0) is 66.4 Å². The maximum absolute atomic E-state index is 13.3. The van der Waals surface area contributed by atoms with E-state index >= 15 is 0 Å². The minimum atomic E-state index is -0.885. The van der Waals surface area contributed by atoms with E-state index in [0.717, 1.165) is 22.4 Å². The lowest BCUT2D eigenvalue weighted by Gasteiger charge is -2.23. The van der Waals surface area contributed by atoms with E-state index in [0.29, 0.717) is 30.0 Å². The third kappa shape index (κ3) is 5.46. The van der Waals surface area contributed by atoms with Gasteiger partial charge >= 0.3 is 5.97 Å². The highest BCUT2D eigenvalue weighted by atomic mass is 16.5. The highest BCUT2D eigenvalue weighted by molar-refractivity contribution is 6.06. The zero-order valence-electron chi connectivity index (χ0n) is 18.5. The molecule has 0 aliphatic rings. The van der Waals surface area contributed by atoms with Crippen molar-refractivity contribution in [3.63, 3.8) is 0 Å². The summed E-state index contributed by atoms with van der Waals surface area (Å²) in [5, 5.41) is 9.02. The minimum absolute atomic E-state index is 0.00900. The van der Waals surface area contributed by atoms with Crippen LogP contribution in [0.3, 0.4) is 0 Å². The number of carboxylic acids is 1. The molecular formula is C26H27NO5. The van der Waals surface area contributed by atoms with Crippen molar-refractivity contribution in [3.8, 4) is 22.6 Å². The highest BCUT2D eigenvalue weighted by Gasteiger charge is 2.19. The zero-order valence-corrected chi connectivity index (χ0v) is 18.5. The molecule has 0 saturated heterocycles. The van der Waals surface area contributed by atoms with Crippen molar-refractivity contribution in [1.82, 2.24) is 0 Å². The van der Waals surface area contributed by atoms with E-state index in [4.69, 9.17) is 14.6 Å². The molecule has 6 heteroatoms. The molecule has 1 amide bonds. The van der Waals surface area contributed by atoms with Crippen LogP contribution in [0.5, 0.6) is 11.5 Å². The summed E-state index contributed by atoms with van der Waals surface area (Å²) in [6, 6.07) is 20.7. The number of carboxylic acid groups (broad SMARTS) is 1. The van der Waals surface area contributed by atoms with Crippen molar-refractivity contribution in [2.45, 2.75) is 19.8 Å². The number of aliphatic carboxylic acids is 1. The van der Waals surface area contributed by atoms with Crippen molar-refractivity contribution in [1.29, 1.82) is 0 Å². The molecule has 0 atom stereocenters. The molecule has 0 heterocycles. The van der Waals surface area contributed by atoms with Crippen molar-refractivity contribution < 1.29 is 24.2 Å². The van der Waals surface area contributed by atoms with Crippen molar-refractivity contribution in [3.05, 3.63) is 77.9 Å². The minimum Gasteiger partial charge on any atom is -0.497 e. The zero-order chi connectivity index (χ0) is 23.1. The standard InChI is InChI=1S/C26H27NO5/c1-18-6-7-21(17-24(18)32-3)26(30)27(16-4-5-25(28)29)22-12-8-19(9-13-22)20-10-14-23(31-2)15-11-20/h6-15,17H,4-5,16H2,1-3H3,(H,28,29). The summed E-state index contributed by atoms with van der Waals surface area (Å²) < 4.78 is 10.6. The molecule has 0 aliphatic heterocycles. The molecule has 0 spiro atoms. The van der Waals surface area contributed by atoms with Gasteiger partial charge in [-0.15, -0.1) is 0 Å². The second-order valence-electron chi connectivity index (χ2n) is 7.41. The van der Waals surface area contributed by atoms with Crippen LogP contribution < -0.4 is 14.4 Å². The Morgan fingerprint density at radius 2 is 1.50 bits per heavy atom. The first kappa shape index (κ1) is 22.9. The maximum atomic E-state index is 13.3. The van der Waals surface area contributed by atoms with Gasteiger partial charge in [0.1, 0.15) is 11.5 Å². The second kappa shape index (κ2) is 10.5. The topological polar surface area (TPSA) is 76.1 Å². The summed E-state index contributed by atoms with van der Waals surface area (Å²) in [7, 11) is 3.20. The van der Waals surface area contributed by atoms with Crippen molar-refractivity contribution in [2.24, 2.45) is 0 Å². The average molecular weight is 434 g/mol. The molecule has 3 aromatic rings. The van der Waals surface area contributed by atoms with Crippen molar-refractivity contribution >= 4 is 17.6 Å². The lowest BCUT2D eigenvalue weighted by atomic mass is 10.0. The van der Waals surface area contributed by atoms with E-state index < -0.39 is 5.97 Å². The molecular weight excluding hydrogens is 406 g/mol. The van der Waals surface area contributed by atoms with E-state index in [1.807, 2.05) is 61.5 Å². The number of ether oxygens (including phenoxy) is 2. The lowest BCUT2D eigenvalue weighted by Crippen LogP contribution is -2.32. The molecule has 1 N–H and O–H groups in total. The molecule has 0 bridgehead atoms. The first-order valence-electron chi connectivity index (χ1n) is 10.4. The number of methoxy groups -OCH3 is 2. The Hall–Kier alpha value is -3.80. The quantitative estimate of drug-likeness (QED) is 0.503. The Balaban J connectivity index is 1.88. The number of amides is 1. The highest BCUT2D eigenvalue weighted by Crippen LogP contribution is 2.27. The number of aryl methyl sites for hydroxylation is 1. The average Bonchev–Trinajstić information content (AvgIpc) is 2.82. The number of nitrogens with zero attached hydrogens (tertiary/aromatic N) is 1. The van der Waals surface area contributed by atoms with Gasteiger partial charge < -0.3 is 19.5 Å². The Morgan fingerprint density at radius 1 is 0.875 bits per heavy atom. The van der Waals surface area contributed by atoms with Gasteiger partial charge in [0, 0.05) is 24.2 Å². The number of carbonyl (C=O) groups is 2. The van der Waals surface area contributed by atoms with Gasteiger partial charge in [0.2, 0.25) is 0 Å².